The number of ether oxygens (including phenoxy) is 2. The number of methoxy groups -OCH3 is 1. The lowest BCUT2D eigenvalue weighted by molar-refractivity contribution is -0.163. The molecule has 0 aromatic carbocycles. The third kappa shape index (κ3) is 1.99. The van der Waals surface area contributed by atoms with E-state index in [9.17, 15) is 0 Å². The van der Waals surface area contributed by atoms with Gasteiger partial charge < -0.3 is 15.2 Å². The molecule has 0 radical (unpaired) electrons. The molecule has 106 valence electrons. The standard InChI is InChI=1S/C14H28N2O2/c1-5-16(7-9-17-4)10-14(15)11-6-8-18-12(11)13(14,2)3/h11-12H,5-10,15H2,1-4H3. The molecular formula is C14H28N2O2. The molecule has 1 aliphatic heterocycles. The maximum absolute atomic E-state index is 6.75. The molecule has 2 N–H and O–H groups in total. The molecule has 0 bridgehead atoms. The van der Waals surface area contributed by atoms with Crippen molar-refractivity contribution in [2.45, 2.75) is 38.8 Å². The van der Waals surface area contributed by atoms with Crippen molar-refractivity contribution in [2.75, 3.05) is 40.0 Å². The van der Waals surface area contributed by atoms with E-state index in [1.165, 1.54) is 0 Å². The molecule has 2 aliphatic rings. The van der Waals surface area contributed by atoms with Crippen molar-refractivity contribution in [1.29, 1.82) is 0 Å². The van der Waals surface area contributed by atoms with Gasteiger partial charge in [0.25, 0.3) is 0 Å². The molecule has 3 unspecified atom stereocenters. The number of fused-ring (bicyclic) bond motifs is 1. The molecule has 0 spiro atoms. The second-order valence-corrected chi connectivity index (χ2v) is 6.31. The van der Waals surface area contributed by atoms with Crippen LogP contribution in [0.2, 0.25) is 0 Å². The van der Waals surface area contributed by atoms with Crippen LogP contribution in [-0.4, -0.2) is 56.5 Å². The zero-order valence-corrected chi connectivity index (χ0v) is 12.2. The first-order valence-electron chi connectivity index (χ1n) is 7.09. The van der Waals surface area contributed by atoms with E-state index in [2.05, 4.69) is 25.7 Å². The van der Waals surface area contributed by atoms with Crippen LogP contribution in [-0.2, 0) is 9.47 Å². The summed E-state index contributed by atoms with van der Waals surface area (Å²) in [6, 6.07) is 0. The summed E-state index contributed by atoms with van der Waals surface area (Å²) in [6.07, 6.45) is 1.48. The Morgan fingerprint density at radius 1 is 1.44 bits per heavy atom. The maximum atomic E-state index is 6.75. The van der Waals surface area contributed by atoms with Crippen molar-refractivity contribution in [2.24, 2.45) is 17.1 Å². The van der Waals surface area contributed by atoms with Crippen molar-refractivity contribution in [3.8, 4) is 0 Å². The van der Waals surface area contributed by atoms with Crippen molar-refractivity contribution in [1.82, 2.24) is 4.90 Å². The van der Waals surface area contributed by atoms with Gasteiger partial charge in [-0.2, -0.15) is 0 Å². The largest absolute Gasteiger partial charge is 0.383 e. The number of hydrogen-bond acceptors (Lipinski definition) is 4. The normalized spacial score (nSPS) is 37.7. The lowest BCUT2D eigenvalue weighted by Crippen LogP contribution is -2.78. The van der Waals surface area contributed by atoms with Crippen LogP contribution in [0.15, 0.2) is 0 Å². The highest BCUT2D eigenvalue weighted by molar-refractivity contribution is 5.21. The monoisotopic (exact) mass is 256 g/mol. The number of nitrogens with two attached hydrogens (primary N) is 1. The Bertz CT molecular complexity index is 296. The lowest BCUT2D eigenvalue weighted by atomic mass is 9.48. The lowest BCUT2D eigenvalue weighted by Gasteiger charge is -2.63. The van der Waals surface area contributed by atoms with Gasteiger partial charge >= 0.3 is 0 Å². The van der Waals surface area contributed by atoms with Gasteiger partial charge in [-0.25, -0.2) is 0 Å². The number of rotatable bonds is 6. The molecule has 4 nitrogen and oxygen atoms in total. The van der Waals surface area contributed by atoms with Crippen molar-refractivity contribution >= 4 is 0 Å². The minimum absolute atomic E-state index is 0.0780. The summed E-state index contributed by atoms with van der Waals surface area (Å²) in [5, 5.41) is 0. The predicted molar refractivity (Wildman–Crippen MR) is 72.5 cm³/mol. The van der Waals surface area contributed by atoms with Gasteiger partial charge in [0.2, 0.25) is 0 Å². The minimum Gasteiger partial charge on any atom is -0.383 e. The van der Waals surface area contributed by atoms with Crippen molar-refractivity contribution < 1.29 is 9.47 Å². The molecule has 0 aromatic heterocycles. The predicted octanol–water partition coefficient (Wildman–Crippen LogP) is 1.10. The first-order chi connectivity index (χ1) is 8.47. The quantitative estimate of drug-likeness (QED) is 0.773. The van der Waals surface area contributed by atoms with Gasteiger partial charge in [0.05, 0.1) is 12.7 Å². The topological polar surface area (TPSA) is 47.7 Å². The molecule has 18 heavy (non-hydrogen) atoms. The molecule has 3 atom stereocenters. The van der Waals surface area contributed by atoms with E-state index in [1.54, 1.807) is 7.11 Å². The van der Waals surface area contributed by atoms with Gasteiger partial charge in [-0.3, -0.25) is 4.90 Å². The maximum Gasteiger partial charge on any atom is 0.0691 e. The third-order valence-corrected chi connectivity index (χ3v) is 5.21. The minimum atomic E-state index is -0.113. The van der Waals surface area contributed by atoms with Gasteiger partial charge in [0.1, 0.15) is 0 Å². The fourth-order valence-corrected chi connectivity index (χ4v) is 3.74. The SMILES string of the molecule is CCN(CCOC)CC1(N)C2CCOC2C1(C)C. The van der Waals surface area contributed by atoms with Crippen LogP contribution in [0.1, 0.15) is 27.2 Å². The van der Waals surface area contributed by atoms with Gasteiger partial charge in [0.15, 0.2) is 0 Å². The molecule has 1 aliphatic carbocycles. The van der Waals surface area contributed by atoms with E-state index in [-0.39, 0.29) is 11.0 Å². The molecule has 1 saturated heterocycles. The van der Waals surface area contributed by atoms with E-state index in [1.807, 2.05) is 0 Å². The average molecular weight is 256 g/mol. The number of nitrogens with zero attached hydrogens (tertiary/aromatic N) is 1. The summed E-state index contributed by atoms with van der Waals surface area (Å²) in [5.41, 5.74) is 6.72. The Labute approximate surface area is 111 Å². The highest BCUT2D eigenvalue weighted by Gasteiger charge is 2.67. The number of likely N-dealkylation sites (N-methyl/N-ethyl adjacent to an activating group) is 1. The summed E-state index contributed by atoms with van der Waals surface area (Å²) in [6.45, 7) is 11.3. The molecule has 0 amide bonds. The Morgan fingerprint density at radius 3 is 2.78 bits per heavy atom. The van der Waals surface area contributed by atoms with Crippen molar-refractivity contribution in [3.63, 3.8) is 0 Å². The second-order valence-electron chi connectivity index (χ2n) is 6.31. The zero-order valence-electron chi connectivity index (χ0n) is 12.2. The van der Waals surface area contributed by atoms with Crippen LogP contribution >= 0.6 is 0 Å². The first-order valence-corrected chi connectivity index (χ1v) is 7.09. The average Bonchev–Trinajstić information content (AvgIpc) is 2.82. The summed E-state index contributed by atoms with van der Waals surface area (Å²) >= 11 is 0. The summed E-state index contributed by atoms with van der Waals surface area (Å²) in [7, 11) is 1.75. The van der Waals surface area contributed by atoms with Crippen LogP contribution in [0.25, 0.3) is 0 Å². The Kier molecular flexibility index (Phi) is 4.02. The van der Waals surface area contributed by atoms with Crippen LogP contribution < -0.4 is 5.73 Å². The number of hydrogen-bond donors (Lipinski definition) is 1. The molecule has 4 heteroatoms. The Morgan fingerprint density at radius 2 is 2.17 bits per heavy atom. The highest BCUT2D eigenvalue weighted by atomic mass is 16.5. The second kappa shape index (κ2) is 5.08. The Hall–Kier alpha value is -0.160. The first kappa shape index (κ1) is 14.3. The molecule has 2 rings (SSSR count). The van der Waals surface area contributed by atoms with Crippen LogP contribution in [0, 0.1) is 11.3 Å². The molecule has 2 fully saturated rings. The van der Waals surface area contributed by atoms with Crippen molar-refractivity contribution in [3.05, 3.63) is 0 Å². The van der Waals surface area contributed by atoms with Gasteiger partial charge in [0, 0.05) is 43.7 Å². The van der Waals surface area contributed by atoms with E-state index in [0.717, 1.165) is 39.3 Å². The van der Waals surface area contributed by atoms with Crippen LogP contribution in [0.5, 0.6) is 0 Å². The third-order valence-electron chi connectivity index (χ3n) is 5.21. The summed E-state index contributed by atoms with van der Waals surface area (Å²) < 4.78 is 11.0. The molecular weight excluding hydrogens is 228 g/mol. The molecule has 1 heterocycles. The van der Waals surface area contributed by atoms with E-state index < -0.39 is 0 Å². The van der Waals surface area contributed by atoms with Crippen LogP contribution in [0.4, 0.5) is 0 Å². The summed E-state index contributed by atoms with van der Waals surface area (Å²) in [4.78, 5) is 2.40. The van der Waals surface area contributed by atoms with E-state index in [0.29, 0.717) is 12.0 Å². The highest BCUT2D eigenvalue weighted by Crippen LogP contribution is 2.58. The Balaban J connectivity index is 2.02. The summed E-state index contributed by atoms with van der Waals surface area (Å²) in [5.74, 6) is 0.532. The molecule has 1 saturated carbocycles. The van der Waals surface area contributed by atoms with E-state index >= 15 is 0 Å². The van der Waals surface area contributed by atoms with Gasteiger partial charge in [-0.05, 0) is 13.0 Å². The molecule has 0 aromatic rings. The zero-order chi connectivity index (χ0) is 13.4. The van der Waals surface area contributed by atoms with E-state index in [4.69, 9.17) is 15.2 Å². The smallest absolute Gasteiger partial charge is 0.0691 e. The fraction of sp³-hybridized carbons (Fsp3) is 1.00. The van der Waals surface area contributed by atoms with Gasteiger partial charge in [-0.15, -0.1) is 0 Å². The van der Waals surface area contributed by atoms with Gasteiger partial charge in [-0.1, -0.05) is 20.8 Å². The van der Waals surface area contributed by atoms with Crippen LogP contribution in [0.3, 0.4) is 0 Å². The fourth-order valence-electron chi connectivity index (χ4n) is 3.74.